The molecule has 7 heteroatoms. The molecule has 4 fully saturated rings. The van der Waals surface area contributed by atoms with Gasteiger partial charge >= 0.3 is 0 Å². The van der Waals surface area contributed by atoms with Crippen molar-refractivity contribution in [2.24, 2.45) is 11.8 Å². The number of piperidine rings is 2. The van der Waals surface area contributed by atoms with Crippen molar-refractivity contribution in [3.63, 3.8) is 0 Å². The van der Waals surface area contributed by atoms with Crippen LogP contribution in [0.2, 0.25) is 0 Å². The van der Waals surface area contributed by atoms with E-state index in [-0.39, 0.29) is 18.8 Å². The van der Waals surface area contributed by atoms with Crippen LogP contribution in [0.1, 0.15) is 58.4 Å². The summed E-state index contributed by atoms with van der Waals surface area (Å²) < 4.78 is 0. The van der Waals surface area contributed by atoms with Gasteiger partial charge in [-0.1, -0.05) is 208 Å². The van der Waals surface area contributed by atoms with Crippen LogP contribution in [-0.2, 0) is 5.41 Å². The van der Waals surface area contributed by atoms with Crippen LogP contribution >= 0.6 is 11.8 Å². The minimum atomic E-state index is -0.138. The van der Waals surface area contributed by atoms with Gasteiger partial charge in [0.05, 0.1) is 5.69 Å². The van der Waals surface area contributed by atoms with Gasteiger partial charge in [-0.25, -0.2) is 0 Å². The maximum Gasteiger partial charge on any atom is 0.252 e. The molecule has 412 valence electrons. The van der Waals surface area contributed by atoms with Crippen LogP contribution in [0.4, 0.5) is 56.9 Å². The van der Waals surface area contributed by atoms with E-state index in [1.165, 1.54) is 170 Å². The highest BCUT2D eigenvalue weighted by Crippen LogP contribution is 2.55. The number of anilines is 10. The summed E-state index contributed by atoms with van der Waals surface area (Å²) in [6, 6.07) is 96.2. The summed E-state index contributed by atoms with van der Waals surface area (Å²) in [6.45, 7) is 7.10. The Morgan fingerprint density at radius 3 is 1.36 bits per heavy atom. The molecule has 6 heterocycles. The Morgan fingerprint density at radius 1 is 0.349 bits per heavy atom. The summed E-state index contributed by atoms with van der Waals surface area (Å²) in [7, 11) is 0. The Kier molecular flexibility index (Phi) is 11.3. The topological polar surface area (TPSA) is 13.0 Å². The Bertz CT molecular complexity index is 4440. The second-order valence-electron chi connectivity index (χ2n) is 26.4. The Morgan fingerprint density at radius 2 is 0.814 bits per heavy atom. The molecule has 0 N–H and O–H groups in total. The summed E-state index contributed by atoms with van der Waals surface area (Å²) in [6.07, 6.45) is 6.68. The smallest absolute Gasteiger partial charge is 0.252 e. The summed E-state index contributed by atoms with van der Waals surface area (Å²) >= 11 is 1.98. The molecule has 0 unspecified atom stereocenters. The molecule has 2 saturated heterocycles. The van der Waals surface area contributed by atoms with Crippen molar-refractivity contribution >= 4 is 115 Å². The van der Waals surface area contributed by atoms with Crippen molar-refractivity contribution in [2.75, 3.05) is 19.6 Å². The molecular formula is C79H64B2N4S. The highest BCUT2D eigenvalue weighted by atomic mass is 32.2. The first kappa shape index (κ1) is 50.4. The van der Waals surface area contributed by atoms with Gasteiger partial charge in [0.2, 0.25) is 6.71 Å². The lowest BCUT2D eigenvalue weighted by Crippen LogP contribution is -2.64. The molecule has 6 aliphatic heterocycles. The SMILES string of the molecule is CC(C)(C)c1cc2c3c(c1)N(c1c(-c4ccccc4)cc(-c4ccccc4)cc1-c1ccccc1)c1ccccc1B3c1cc3c(cc1S2)N(c1ccccc1)c1cc(N2C4CC5CC(C4)CC2C5)cc2c1B3c1ccccc1N2c1ccccc1. The van der Waals surface area contributed by atoms with Gasteiger partial charge in [-0.05, 0) is 183 Å². The molecule has 2 saturated carbocycles. The molecule has 0 spiro atoms. The molecule has 2 aliphatic carbocycles. The van der Waals surface area contributed by atoms with E-state index in [9.17, 15) is 0 Å². The molecule has 8 aliphatic rings. The van der Waals surface area contributed by atoms with Crippen LogP contribution in [0.15, 0.2) is 259 Å². The lowest BCUT2D eigenvalue weighted by atomic mass is 9.31. The third-order valence-corrected chi connectivity index (χ3v) is 21.6. The third kappa shape index (κ3) is 7.72. The van der Waals surface area contributed by atoms with E-state index in [4.69, 9.17) is 0 Å². The van der Waals surface area contributed by atoms with Crippen LogP contribution in [0.25, 0.3) is 33.4 Å². The van der Waals surface area contributed by atoms with Crippen molar-refractivity contribution in [2.45, 2.75) is 80.2 Å². The van der Waals surface area contributed by atoms with Gasteiger partial charge in [0.1, 0.15) is 0 Å². The van der Waals surface area contributed by atoms with Crippen molar-refractivity contribution in [1.82, 2.24) is 0 Å². The summed E-state index contributed by atoms with van der Waals surface area (Å²) in [4.78, 5) is 13.5. The van der Waals surface area contributed by atoms with Gasteiger partial charge < -0.3 is 19.6 Å². The maximum atomic E-state index is 2.91. The lowest BCUT2D eigenvalue weighted by molar-refractivity contribution is 0.0900. The molecular weight excluding hydrogens is 1060 g/mol. The zero-order chi connectivity index (χ0) is 56.9. The van der Waals surface area contributed by atoms with Gasteiger partial charge in [0.15, 0.2) is 0 Å². The van der Waals surface area contributed by atoms with E-state index in [0.717, 1.165) is 11.8 Å². The van der Waals surface area contributed by atoms with Gasteiger partial charge in [0.25, 0.3) is 6.71 Å². The van der Waals surface area contributed by atoms with Crippen molar-refractivity contribution in [3.8, 4) is 33.4 Å². The van der Waals surface area contributed by atoms with Crippen LogP contribution in [0.3, 0.4) is 0 Å². The Balaban J connectivity index is 0.899. The van der Waals surface area contributed by atoms with E-state index in [0.29, 0.717) is 12.1 Å². The van der Waals surface area contributed by atoms with Crippen molar-refractivity contribution in [3.05, 3.63) is 254 Å². The fraction of sp³-hybridized carbons (Fsp3) is 0.165. The maximum absolute atomic E-state index is 2.91. The van der Waals surface area contributed by atoms with Crippen LogP contribution < -0.4 is 52.4 Å². The predicted molar refractivity (Wildman–Crippen MR) is 365 cm³/mol. The van der Waals surface area contributed by atoms with E-state index in [1.807, 2.05) is 11.8 Å². The monoisotopic (exact) mass is 1120 g/mol. The van der Waals surface area contributed by atoms with Crippen LogP contribution in [0, 0.1) is 11.8 Å². The summed E-state index contributed by atoms with van der Waals surface area (Å²) in [5.41, 5.74) is 29.1. The molecule has 0 radical (unpaired) electrons. The van der Waals surface area contributed by atoms with E-state index in [2.05, 4.69) is 289 Å². The highest BCUT2D eigenvalue weighted by Gasteiger charge is 2.51. The average molecular weight is 1120 g/mol. The van der Waals surface area contributed by atoms with Crippen molar-refractivity contribution in [1.29, 1.82) is 0 Å². The molecule has 19 rings (SSSR count). The largest absolute Gasteiger partial charge is 0.365 e. The summed E-state index contributed by atoms with van der Waals surface area (Å²) in [5, 5.41) is 0. The minimum absolute atomic E-state index is 0.0200. The molecule has 0 aromatic heterocycles. The molecule has 11 aromatic carbocycles. The number of fused-ring (bicyclic) bond motifs is 8. The number of benzene rings is 11. The standard InChI is InChI=1S/C79H64B2N4S/c1-79(2,3)56-44-71-77-75(45-56)86-74-49-70-66(48-67(74)81(77)65-34-20-22-36-69(65)85(71)78-62(53-25-11-5-12-26-53)42-55(52-23-9-4-10-24-52)43-63(78)54-27-13-6-14-28-54)80-64-33-19-21-35-68(64)83(57-29-15-7-16-30-57)72-46-61(82-59-38-50-37-51(40-59)41-60(82)39-50)47-73(76(72)80)84(70)58-31-17-8-18-32-58/h4-36,42-51,59-60H,37-41H2,1-3H3. The Hall–Kier alpha value is -8.90. The fourth-order valence-electron chi connectivity index (χ4n) is 17.0. The first-order valence-corrected chi connectivity index (χ1v) is 32.1. The Labute approximate surface area is 511 Å². The van der Waals surface area contributed by atoms with Crippen LogP contribution in [-0.4, -0.2) is 25.5 Å². The lowest BCUT2D eigenvalue weighted by Gasteiger charge is -2.58. The molecule has 0 amide bonds. The molecule has 4 bridgehead atoms. The second-order valence-corrected chi connectivity index (χ2v) is 27.5. The molecule has 86 heavy (non-hydrogen) atoms. The minimum Gasteiger partial charge on any atom is -0.365 e. The summed E-state index contributed by atoms with van der Waals surface area (Å²) in [5.74, 6) is 1.73. The number of hydrogen-bond donors (Lipinski definition) is 0. The molecule has 11 aromatic rings. The van der Waals surface area contributed by atoms with E-state index >= 15 is 0 Å². The number of para-hydroxylation sites is 4. The fourth-order valence-corrected chi connectivity index (χ4v) is 18.2. The van der Waals surface area contributed by atoms with Crippen molar-refractivity contribution < 1.29 is 0 Å². The first-order valence-electron chi connectivity index (χ1n) is 31.3. The highest BCUT2D eigenvalue weighted by molar-refractivity contribution is 8.00. The predicted octanol–water partition coefficient (Wildman–Crippen LogP) is 16.6. The zero-order valence-corrected chi connectivity index (χ0v) is 49.7. The van der Waals surface area contributed by atoms with Crippen LogP contribution in [0.5, 0.6) is 0 Å². The first-order chi connectivity index (χ1) is 42.3. The molecule has 4 nitrogen and oxygen atoms in total. The van der Waals surface area contributed by atoms with Gasteiger partial charge in [-0.3, -0.25) is 0 Å². The van der Waals surface area contributed by atoms with Gasteiger partial charge in [-0.2, -0.15) is 0 Å². The zero-order valence-electron chi connectivity index (χ0n) is 48.9. The van der Waals surface area contributed by atoms with E-state index < -0.39 is 0 Å². The normalized spacial score (nSPS) is 18.9. The molecule has 0 atom stereocenters. The second kappa shape index (κ2) is 19.3. The van der Waals surface area contributed by atoms with Gasteiger partial charge in [-0.15, -0.1) is 0 Å². The third-order valence-electron chi connectivity index (χ3n) is 20.4. The number of nitrogens with zero attached hydrogens (tertiary/aromatic N) is 4. The number of hydrogen-bond acceptors (Lipinski definition) is 5. The van der Waals surface area contributed by atoms with Gasteiger partial charge in [0, 0.05) is 84.2 Å². The van der Waals surface area contributed by atoms with E-state index in [1.54, 1.807) is 0 Å². The average Bonchev–Trinajstić information content (AvgIpc) is 0.746. The quantitative estimate of drug-likeness (QED) is 0.147. The number of rotatable bonds is 7.